The number of methoxy groups -OCH3 is 1. The van der Waals surface area contributed by atoms with Crippen LogP contribution in [0.25, 0.3) is 4.96 Å². The first-order chi connectivity index (χ1) is 9.38. The Bertz CT molecular complexity index is 643. The summed E-state index contributed by atoms with van der Waals surface area (Å²) in [6.45, 7) is 2.30. The second kappa shape index (κ2) is 5.37. The number of imidazole rings is 1. The van der Waals surface area contributed by atoms with Crippen molar-refractivity contribution >= 4 is 16.3 Å². The molecule has 1 N–H and O–H groups in total. The van der Waals surface area contributed by atoms with Gasteiger partial charge in [-0.3, -0.25) is 9.08 Å². The third kappa shape index (κ3) is 2.45. The van der Waals surface area contributed by atoms with Gasteiger partial charge in [0.1, 0.15) is 5.69 Å². The topological polar surface area (TPSA) is 69.3 Å². The van der Waals surface area contributed by atoms with Crippen LogP contribution in [0.1, 0.15) is 5.69 Å². The molecule has 0 unspecified atom stereocenters. The molecule has 0 fully saturated rings. The first-order valence-electron chi connectivity index (χ1n) is 5.91. The Labute approximate surface area is 113 Å². The lowest BCUT2D eigenvalue weighted by Gasteiger charge is -2.05. The SMILES string of the molecule is COc1nc2sccn2c1CNCCn1ccnn1. The Morgan fingerprint density at radius 1 is 1.42 bits per heavy atom. The van der Waals surface area contributed by atoms with Crippen LogP contribution in [0.3, 0.4) is 0 Å². The first-order valence-corrected chi connectivity index (χ1v) is 6.79. The fraction of sp³-hybridized carbons (Fsp3) is 0.364. The lowest BCUT2D eigenvalue weighted by atomic mass is 10.4. The zero-order valence-electron chi connectivity index (χ0n) is 10.5. The van der Waals surface area contributed by atoms with Gasteiger partial charge in [-0.05, 0) is 0 Å². The number of hydrogen-bond donors (Lipinski definition) is 1. The van der Waals surface area contributed by atoms with Gasteiger partial charge in [0, 0.05) is 30.9 Å². The van der Waals surface area contributed by atoms with Crippen molar-refractivity contribution in [1.29, 1.82) is 0 Å². The number of rotatable bonds is 6. The molecule has 3 aromatic heterocycles. The van der Waals surface area contributed by atoms with Gasteiger partial charge in [-0.2, -0.15) is 4.98 Å². The van der Waals surface area contributed by atoms with Crippen molar-refractivity contribution in [2.45, 2.75) is 13.1 Å². The van der Waals surface area contributed by atoms with Crippen molar-refractivity contribution in [3.8, 4) is 5.88 Å². The summed E-state index contributed by atoms with van der Waals surface area (Å²) < 4.78 is 9.14. The van der Waals surface area contributed by atoms with Crippen LogP contribution in [0.5, 0.6) is 5.88 Å². The van der Waals surface area contributed by atoms with E-state index in [0.717, 1.165) is 23.7 Å². The van der Waals surface area contributed by atoms with E-state index in [-0.39, 0.29) is 0 Å². The maximum atomic E-state index is 5.30. The molecular formula is C11H14N6OS. The van der Waals surface area contributed by atoms with Crippen LogP contribution in [-0.2, 0) is 13.1 Å². The highest BCUT2D eigenvalue weighted by atomic mass is 32.1. The van der Waals surface area contributed by atoms with Gasteiger partial charge < -0.3 is 10.1 Å². The average Bonchev–Trinajstić information content (AvgIpc) is 3.12. The van der Waals surface area contributed by atoms with E-state index in [1.165, 1.54) is 0 Å². The number of fused-ring (bicyclic) bond motifs is 1. The summed E-state index contributed by atoms with van der Waals surface area (Å²) in [4.78, 5) is 5.36. The predicted molar refractivity (Wildman–Crippen MR) is 71.3 cm³/mol. The van der Waals surface area contributed by atoms with Crippen LogP contribution in [0, 0.1) is 0 Å². The zero-order valence-corrected chi connectivity index (χ0v) is 11.3. The molecule has 0 radical (unpaired) electrons. The van der Waals surface area contributed by atoms with Gasteiger partial charge in [0.25, 0.3) is 0 Å². The Kier molecular flexibility index (Phi) is 3.43. The van der Waals surface area contributed by atoms with Gasteiger partial charge in [0.05, 0.1) is 19.9 Å². The van der Waals surface area contributed by atoms with Crippen molar-refractivity contribution in [1.82, 2.24) is 29.7 Å². The molecule has 0 aliphatic rings. The Morgan fingerprint density at radius 3 is 3.16 bits per heavy atom. The van der Waals surface area contributed by atoms with Gasteiger partial charge in [0.2, 0.25) is 5.88 Å². The summed E-state index contributed by atoms with van der Waals surface area (Å²) in [5.74, 6) is 0.681. The van der Waals surface area contributed by atoms with Crippen LogP contribution >= 0.6 is 11.3 Å². The van der Waals surface area contributed by atoms with E-state index in [4.69, 9.17) is 4.74 Å². The minimum atomic E-state index is 0.681. The summed E-state index contributed by atoms with van der Waals surface area (Å²) in [7, 11) is 1.64. The highest BCUT2D eigenvalue weighted by Crippen LogP contribution is 2.22. The van der Waals surface area contributed by atoms with Crippen LogP contribution in [0.2, 0.25) is 0 Å². The largest absolute Gasteiger partial charge is 0.480 e. The molecule has 3 rings (SSSR count). The minimum Gasteiger partial charge on any atom is -0.480 e. The van der Waals surface area contributed by atoms with Crippen molar-refractivity contribution < 1.29 is 4.74 Å². The minimum absolute atomic E-state index is 0.681. The van der Waals surface area contributed by atoms with Gasteiger partial charge in [-0.15, -0.1) is 16.4 Å². The van der Waals surface area contributed by atoms with E-state index in [9.17, 15) is 0 Å². The molecule has 0 aromatic carbocycles. The number of hydrogen-bond acceptors (Lipinski definition) is 6. The number of aromatic nitrogens is 5. The second-order valence-electron chi connectivity index (χ2n) is 3.97. The fourth-order valence-corrected chi connectivity index (χ4v) is 2.61. The van der Waals surface area contributed by atoms with E-state index in [2.05, 4.69) is 20.6 Å². The van der Waals surface area contributed by atoms with Gasteiger partial charge in [0.15, 0.2) is 4.96 Å². The van der Waals surface area contributed by atoms with Gasteiger partial charge >= 0.3 is 0 Å². The van der Waals surface area contributed by atoms with E-state index in [1.54, 1.807) is 29.3 Å². The van der Waals surface area contributed by atoms with Crippen molar-refractivity contribution in [3.05, 3.63) is 29.7 Å². The highest BCUT2D eigenvalue weighted by molar-refractivity contribution is 7.15. The molecule has 100 valence electrons. The molecule has 0 aliphatic carbocycles. The molecule has 0 bridgehead atoms. The molecule has 0 spiro atoms. The molecule has 0 aliphatic heterocycles. The maximum Gasteiger partial charge on any atom is 0.237 e. The van der Waals surface area contributed by atoms with E-state index >= 15 is 0 Å². The van der Waals surface area contributed by atoms with E-state index in [1.807, 2.05) is 22.2 Å². The molecule has 19 heavy (non-hydrogen) atoms. The van der Waals surface area contributed by atoms with Crippen LogP contribution in [0.4, 0.5) is 0 Å². The monoisotopic (exact) mass is 278 g/mol. The number of nitrogens with one attached hydrogen (secondary N) is 1. The molecule has 3 aromatic rings. The molecule has 0 atom stereocenters. The normalized spacial score (nSPS) is 11.2. The fourth-order valence-electron chi connectivity index (χ4n) is 1.89. The quantitative estimate of drug-likeness (QED) is 0.675. The second-order valence-corrected chi connectivity index (χ2v) is 4.84. The Hall–Kier alpha value is -1.93. The molecule has 7 nitrogen and oxygen atoms in total. The smallest absolute Gasteiger partial charge is 0.237 e. The zero-order chi connectivity index (χ0) is 13.1. The van der Waals surface area contributed by atoms with Crippen LogP contribution in [-0.4, -0.2) is 38.0 Å². The highest BCUT2D eigenvalue weighted by Gasteiger charge is 2.12. The molecule has 0 saturated heterocycles. The standard InChI is InChI=1S/C11H14N6OS/c1-18-10-9(17-6-7-19-11(17)14-10)8-12-2-4-16-5-3-13-15-16/h3,5-7,12H,2,4,8H2,1H3. The third-order valence-corrected chi connectivity index (χ3v) is 3.56. The lowest BCUT2D eigenvalue weighted by Crippen LogP contribution is -2.20. The Morgan fingerprint density at radius 2 is 2.37 bits per heavy atom. The predicted octanol–water partition coefficient (Wildman–Crippen LogP) is 0.786. The van der Waals surface area contributed by atoms with E-state index in [0.29, 0.717) is 12.4 Å². The molecule has 0 saturated carbocycles. The lowest BCUT2D eigenvalue weighted by molar-refractivity contribution is 0.392. The van der Waals surface area contributed by atoms with Crippen molar-refractivity contribution in [2.24, 2.45) is 0 Å². The summed E-state index contributed by atoms with van der Waals surface area (Å²) in [6.07, 6.45) is 5.52. The summed E-state index contributed by atoms with van der Waals surface area (Å²) in [5.41, 5.74) is 1.04. The van der Waals surface area contributed by atoms with Crippen LogP contribution < -0.4 is 10.1 Å². The van der Waals surface area contributed by atoms with Gasteiger partial charge in [-0.25, -0.2) is 0 Å². The number of nitrogens with zero attached hydrogens (tertiary/aromatic N) is 5. The molecule has 3 heterocycles. The van der Waals surface area contributed by atoms with Gasteiger partial charge in [-0.1, -0.05) is 5.21 Å². The maximum absolute atomic E-state index is 5.30. The molecular weight excluding hydrogens is 264 g/mol. The average molecular weight is 278 g/mol. The van der Waals surface area contributed by atoms with Crippen molar-refractivity contribution in [3.63, 3.8) is 0 Å². The molecule has 0 amide bonds. The summed E-state index contributed by atoms with van der Waals surface area (Å²) in [5, 5.41) is 13.0. The van der Waals surface area contributed by atoms with E-state index < -0.39 is 0 Å². The number of thiazole rings is 1. The number of ether oxygens (including phenoxy) is 1. The third-order valence-electron chi connectivity index (χ3n) is 2.80. The molecule has 8 heteroatoms. The summed E-state index contributed by atoms with van der Waals surface area (Å²) >= 11 is 1.60. The summed E-state index contributed by atoms with van der Waals surface area (Å²) in [6, 6.07) is 0. The van der Waals surface area contributed by atoms with Crippen LogP contribution in [0.15, 0.2) is 24.0 Å². The Balaban J connectivity index is 1.62. The first kappa shape index (κ1) is 12.1. The van der Waals surface area contributed by atoms with Crippen molar-refractivity contribution in [2.75, 3.05) is 13.7 Å².